The molecule has 4 amide bonds. The lowest BCUT2D eigenvalue weighted by Crippen LogP contribution is -2.44. The number of urea groups is 1. The Morgan fingerprint density at radius 3 is 2.61 bits per heavy atom. The Morgan fingerprint density at radius 1 is 1.10 bits per heavy atom. The molecule has 0 bridgehead atoms. The van der Waals surface area contributed by atoms with E-state index >= 15 is 0 Å². The Morgan fingerprint density at radius 2 is 1.87 bits per heavy atom. The molecule has 1 saturated carbocycles. The van der Waals surface area contributed by atoms with Gasteiger partial charge in [-0.15, -0.1) is 0 Å². The monoisotopic (exact) mass is 424 g/mol. The standard InChI is InChI=1S/C23H28N4O4/c1-14-2-6-17(7-3-14)25-23(31)24-13-15-4-5-16-10-11-27(22(30)18(16)12-15)19-8-9-20(28)26-21(19)29/h4-5,10-12,14,17,19H,2-3,6-9,13H2,1H3,(H2,24,25,31)(H,26,28,29). The molecule has 164 valence electrons. The third kappa shape index (κ3) is 4.78. The topological polar surface area (TPSA) is 109 Å². The first-order valence-corrected chi connectivity index (χ1v) is 10.9. The van der Waals surface area contributed by atoms with Gasteiger partial charge in [-0.05, 0) is 61.1 Å². The summed E-state index contributed by atoms with van der Waals surface area (Å²) in [6.45, 7) is 2.54. The number of nitrogens with one attached hydrogen (secondary N) is 3. The quantitative estimate of drug-likeness (QED) is 0.655. The van der Waals surface area contributed by atoms with Crippen LogP contribution in [0.1, 0.15) is 57.1 Å². The van der Waals surface area contributed by atoms with Crippen LogP contribution in [0.15, 0.2) is 35.3 Å². The van der Waals surface area contributed by atoms with E-state index in [-0.39, 0.29) is 30.0 Å². The van der Waals surface area contributed by atoms with Gasteiger partial charge < -0.3 is 15.2 Å². The van der Waals surface area contributed by atoms with Crippen molar-refractivity contribution < 1.29 is 14.4 Å². The number of amides is 4. The fourth-order valence-corrected chi connectivity index (χ4v) is 4.43. The first-order valence-electron chi connectivity index (χ1n) is 10.9. The van der Waals surface area contributed by atoms with Crippen LogP contribution >= 0.6 is 0 Å². The average Bonchev–Trinajstić information content (AvgIpc) is 2.75. The molecule has 0 spiro atoms. The summed E-state index contributed by atoms with van der Waals surface area (Å²) in [6.07, 6.45) is 6.39. The van der Waals surface area contributed by atoms with E-state index in [1.807, 2.05) is 12.1 Å². The fraction of sp³-hybridized carbons (Fsp3) is 0.478. The van der Waals surface area contributed by atoms with Gasteiger partial charge in [0.2, 0.25) is 11.8 Å². The Hall–Kier alpha value is -3.16. The number of hydrogen-bond donors (Lipinski definition) is 3. The highest BCUT2D eigenvalue weighted by atomic mass is 16.2. The van der Waals surface area contributed by atoms with E-state index in [1.165, 1.54) is 4.57 Å². The van der Waals surface area contributed by atoms with Gasteiger partial charge in [-0.3, -0.25) is 19.7 Å². The number of hydrogen-bond acceptors (Lipinski definition) is 4. The van der Waals surface area contributed by atoms with E-state index < -0.39 is 11.9 Å². The van der Waals surface area contributed by atoms with Crippen LogP contribution in [-0.2, 0) is 16.1 Å². The molecule has 2 fully saturated rings. The average molecular weight is 425 g/mol. The van der Waals surface area contributed by atoms with Crippen molar-refractivity contribution in [2.75, 3.05) is 0 Å². The van der Waals surface area contributed by atoms with Crippen molar-refractivity contribution in [2.45, 2.75) is 64.1 Å². The van der Waals surface area contributed by atoms with Crippen molar-refractivity contribution in [3.8, 4) is 0 Å². The second-order valence-corrected chi connectivity index (χ2v) is 8.70. The number of piperidine rings is 1. The van der Waals surface area contributed by atoms with Crippen molar-refractivity contribution >= 4 is 28.6 Å². The maximum Gasteiger partial charge on any atom is 0.315 e. The first-order chi connectivity index (χ1) is 14.9. The Labute approximate surface area is 180 Å². The highest BCUT2D eigenvalue weighted by Crippen LogP contribution is 2.23. The second kappa shape index (κ2) is 8.91. The molecule has 8 heteroatoms. The largest absolute Gasteiger partial charge is 0.335 e. The van der Waals surface area contributed by atoms with Gasteiger partial charge in [0.15, 0.2) is 0 Å². The summed E-state index contributed by atoms with van der Waals surface area (Å²) in [6, 6.07) is 6.57. The number of rotatable bonds is 4. The predicted octanol–water partition coefficient (Wildman–Crippen LogP) is 2.36. The van der Waals surface area contributed by atoms with Crippen LogP contribution in [0, 0.1) is 5.92 Å². The summed E-state index contributed by atoms with van der Waals surface area (Å²) in [4.78, 5) is 48.9. The van der Waals surface area contributed by atoms with Crippen LogP contribution < -0.4 is 21.5 Å². The number of aromatic nitrogens is 1. The first kappa shape index (κ1) is 21.1. The molecule has 4 rings (SSSR count). The molecule has 31 heavy (non-hydrogen) atoms. The lowest BCUT2D eigenvalue weighted by atomic mass is 9.87. The van der Waals surface area contributed by atoms with Gasteiger partial charge in [-0.25, -0.2) is 4.79 Å². The number of fused-ring (bicyclic) bond motifs is 1. The lowest BCUT2D eigenvalue weighted by molar-refractivity contribution is -0.135. The van der Waals surface area contributed by atoms with Crippen LogP contribution in [0.3, 0.4) is 0 Å². The Kier molecular flexibility index (Phi) is 6.06. The highest BCUT2D eigenvalue weighted by molar-refractivity contribution is 5.99. The van der Waals surface area contributed by atoms with E-state index in [0.717, 1.165) is 42.6 Å². The predicted molar refractivity (Wildman–Crippen MR) is 116 cm³/mol. The summed E-state index contributed by atoms with van der Waals surface area (Å²) < 4.78 is 1.39. The number of benzene rings is 1. The molecule has 2 heterocycles. The zero-order valence-electron chi connectivity index (χ0n) is 17.6. The van der Waals surface area contributed by atoms with Crippen LogP contribution in [0.4, 0.5) is 4.79 Å². The summed E-state index contributed by atoms with van der Waals surface area (Å²) in [5.74, 6) is -0.0447. The van der Waals surface area contributed by atoms with Crippen molar-refractivity contribution in [1.29, 1.82) is 0 Å². The number of imide groups is 1. The Balaban J connectivity index is 1.45. The van der Waals surface area contributed by atoms with Crippen molar-refractivity contribution in [3.63, 3.8) is 0 Å². The molecule has 3 N–H and O–H groups in total. The SMILES string of the molecule is CC1CCC(NC(=O)NCc2ccc3ccn(C4CCC(=O)NC4=O)c(=O)c3c2)CC1. The molecule has 8 nitrogen and oxygen atoms in total. The zero-order chi connectivity index (χ0) is 22.0. The fourth-order valence-electron chi connectivity index (χ4n) is 4.43. The van der Waals surface area contributed by atoms with E-state index in [4.69, 9.17) is 0 Å². The van der Waals surface area contributed by atoms with E-state index in [2.05, 4.69) is 22.9 Å². The van der Waals surface area contributed by atoms with Gasteiger partial charge in [0.25, 0.3) is 5.56 Å². The van der Waals surface area contributed by atoms with Gasteiger partial charge in [0, 0.05) is 30.6 Å². The lowest BCUT2D eigenvalue weighted by Gasteiger charge is -2.26. The highest BCUT2D eigenvalue weighted by Gasteiger charge is 2.28. The number of nitrogens with zero attached hydrogens (tertiary/aromatic N) is 1. The van der Waals surface area contributed by atoms with Gasteiger partial charge in [-0.2, -0.15) is 0 Å². The normalized spacial score (nSPS) is 24.0. The number of carbonyl (C=O) groups excluding carboxylic acids is 3. The summed E-state index contributed by atoms with van der Waals surface area (Å²) in [5.41, 5.74) is 0.521. The van der Waals surface area contributed by atoms with Crippen LogP contribution in [0.2, 0.25) is 0 Å². The molecule has 1 aromatic carbocycles. The van der Waals surface area contributed by atoms with Gasteiger partial charge in [0.05, 0.1) is 0 Å². The molecular weight excluding hydrogens is 396 g/mol. The minimum absolute atomic E-state index is 0.200. The molecule has 2 aliphatic rings. The van der Waals surface area contributed by atoms with Gasteiger partial charge in [0.1, 0.15) is 6.04 Å². The maximum absolute atomic E-state index is 13.0. The zero-order valence-corrected chi connectivity index (χ0v) is 17.6. The minimum Gasteiger partial charge on any atom is -0.335 e. The molecule has 1 aliphatic carbocycles. The van der Waals surface area contributed by atoms with Gasteiger partial charge in [-0.1, -0.05) is 19.1 Å². The second-order valence-electron chi connectivity index (χ2n) is 8.70. The number of carbonyl (C=O) groups is 3. The third-order valence-electron chi connectivity index (χ3n) is 6.35. The summed E-state index contributed by atoms with van der Waals surface area (Å²) in [7, 11) is 0. The van der Waals surface area contributed by atoms with E-state index in [9.17, 15) is 19.2 Å². The van der Waals surface area contributed by atoms with Crippen molar-refractivity contribution in [1.82, 2.24) is 20.5 Å². The van der Waals surface area contributed by atoms with Crippen molar-refractivity contribution in [2.24, 2.45) is 5.92 Å². The number of pyridine rings is 1. The molecule has 0 radical (unpaired) electrons. The molecule has 2 aromatic rings. The van der Waals surface area contributed by atoms with Crippen molar-refractivity contribution in [3.05, 3.63) is 46.4 Å². The summed E-state index contributed by atoms with van der Waals surface area (Å²) >= 11 is 0. The maximum atomic E-state index is 13.0. The van der Waals surface area contributed by atoms with Crippen LogP contribution in [0.5, 0.6) is 0 Å². The molecule has 1 saturated heterocycles. The van der Waals surface area contributed by atoms with Crippen LogP contribution in [-0.4, -0.2) is 28.5 Å². The Bertz CT molecular complexity index is 1070. The molecule has 1 aliphatic heterocycles. The van der Waals surface area contributed by atoms with Gasteiger partial charge >= 0.3 is 6.03 Å². The molecular formula is C23H28N4O4. The van der Waals surface area contributed by atoms with E-state index in [0.29, 0.717) is 18.4 Å². The minimum atomic E-state index is -0.694. The third-order valence-corrected chi connectivity index (χ3v) is 6.35. The van der Waals surface area contributed by atoms with E-state index in [1.54, 1.807) is 18.3 Å². The van der Waals surface area contributed by atoms with Crippen LogP contribution in [0.25, 0.3) is 10.8 Å². The smallest absolute Gasteiger partial charge is 0.315 e. The molecule has 1 unspecified atom stereocenters. The summed E-state index contributed by atoms with van der Waals surface area (Å²) in [5, 5.41) is 9.43. The molecule has 1 atom stereocenters. The molecule has 1 aromatic heterocycles.